The molecule has 100 valence electrons. The van der Waals surface area contributed by atoms with Gasteiger partial charge in [-0.2, -0.15) is 0 Å². The lowest BCUT2D eigenvalue weighted by Gasteiger charge is -2.14. The van der Waals surface area contributed by atoms with Crippen LogP contribution >= 0.6 is 0 Å². The van der Waals surface area contributed by atoms with Crippen LogP contribution in [0.4, 0.5) is 17.1 Å². The summed E-state index contributed by atoms with van der Waals surface area (Å²) in [5.41, 5.74) is 1.69. The van der Waals surface area contributed by atoms with Gasteiger partial charge in [-0.05, 0) is 25.8 Å². The molecule has 0 amide bonds. The normalized spacial score (nSPS) is 11.9. The standard InChI is InChI=1S/C13H21N3O2/c1-4-6-14-11-7-12(15-10(3)5-2)9-13(8-11)16(17)18/h7-10,14-15H,4-6H2,1-3H3. The first-order valence-corrected chi connectivity index (χ1v) is 6.36. The van der Waals surface area contributed by atoms with Gasteiger partial charge in [0.25, 0.3) is 5.69 Å². The van der Waals surface area contributed by atoms with Gasteiger partial charge in [0.15, 0.2) is 0 Å². The largest absolute Gasteiger partial charge is 0.385 e. The minimum absolute atomic E-state index is 0.113. The highest BCUT2D eigenvalue weighted by Crippen LogP contribution is 2.25. The highest BCUT2D eigenvalue weighted by Gasteiger charge is 2.10. The third-order valence-electron chi connectivity index (χ3n) is 2.73. The molecule has 1 aromatic rings. The van der Waals surface area contributed by atoms with Gasteiger partial charge in [0.05, 0.1) is 4.92 Å². The van der Waals surface area contributed by atoms with Crippen molar-refractivity contribution in [2.24, 2.45) is 0 Å². The minimum atomic E-state index is -0.362. The first kappa shape index (κ1) is 14.3. The summed E-state index contributed by atoms with van der Waals surface area (Å²) in [6, 6.07) is 5.35. The molecule has 0 bridgehead atoms. The van der Waals surface area contributed by atoms with Crippen LogP contribution in [0.25, 0.3) is 0 Å². The maximum Gasteiger partial charge on any atom is 0.273 e. The van der Waals surface area contributed by atoms with Crippen molar-refractivity contribution in [3.63, 3.8) is 0 Å². The predicted molar refractivity (Wildman–Crippen MR) is 75.3 cm³/mol. The molecule has 1 unspecified atom stereocenters. The fourth-order valence-electron chi connectivity index (χ4n) is 1.56. The van der Waals surface area contributed by atoms with Crippen LogP contribution in [0.2, 0.25) is 0 Å². The number of hydrogen-bond acceptors (Lipinski definition) is 4. The summed E-state index contributed by atoms with van der Waals surface area (Å²) in [4.78, 5) is 10.5. The molecule has 0 radical (unpaired) electrons. The molecule has 0 fully saturated rings. The average molecular weight is 251 g/mol. The summed E-state index contributed by atoms with van der Waals surface area (Å²) >= 11 is 0. The first-order valence-electron chi connectivity index (χ1n) is 6.36. The van der Waals surface area contributed by atoms with Gasteiger partial charge in [-0.15, -0.1) is 0 Å². The van der Waals surface area contributed by atoms with Gasteiger partial charge in [0.2, 0.25) is 0 Å². The molecular weight excluding hydrogens is 230 g/mol. The van der Waals surface area contributed by atoms with E-state index in [1.807, 2.05) is 6.07 Å². The fraction of sp³-hybridized carbons (Fsp3) is 0.538. The molecule has 1 rings (SSSR count). The number of nitrogens with one attached hydrogen (secondary N) is 2. The van der Waals surface area contributed by atoms with E-state index in [1.165, 1.54) is 0 Å². The van der Waals surface area contributed by atoms with Crippen molar-refractivity contribution in [2.45, 2.75) is 39.7 Å². The monoisotopic (exact) mass is 251 g/mol. The van der Waals surface area contributed by atoms with Crippen molar-refractivity contribution in [1.82, 2.24) is 0 Å². The van der Waals surface area contributed by atoms with E-state index in [0.717, 1.165) is 30.8 Å². The molecule has 0 heterocycles. The Kier molecular flexibility index (Phi) is 5.42. The Hall–Kier alpha value is -1.78. The highest BCUT2D eigenvalue weighted by molar-refractivity contribution is 5.63. The molecule has 0 aliphatic carbocycles. The van der Waals surface area contributed by atoms with Gasteiger partial charge in [0.1, 0.15) is 0 Å². The summed E-state index contributed by atoms with van der Waals surface area (Å²) in [6.45, 7) is 7.00. The van der Waals surface area contributed by atoms with E-state index in [9.17, 15) is 10.1 Å². The maximum absolute atomic E-state index is 10.9. The molecule has 1 atom stereocenters. The number of hydrogen-bond donors (Lipinski definition) is 2. The third kappa shape index (κ3) is 4.24. The molecule has 0 spiro atoms. The molecule has 0 saturated heterocycles. The summed E-state index contributed by atoms with van der Waals surface area (Å²) in [5.74, 6) is 0. The molecule has 18 heavy (non-hydrogen) atoms. The smallest absolute Gasteiger partial charge is 0.273 e. The zero-order chi connectivity index (χ0) is 13.5. The number of nitrogens with zero attached hydrogens (tertiary/aromatic N) is 1. The molecule has 0 aliphatic heterocycles. The van der Waals surface area contributed by atoms with Gasteiger partial charge in [-0.3, -0.25) is 10.1 Å². The van der Waals surface area contributed by atoms with Crippen LogP contribution in [0, 0.1) is 10.1 Å². The van der Waals surface area contributed by atoms with Crippen molar-refractivity contribution in [3.8, 4) is 0 Å². The molecule has 5 nitrogen and oxygen atoms in total. The average Bonchev–Trinajstić information content (AvgIpc) is 2.35. The third-order valence-corrected chi connectivity index (χ3v) is 2.73. The molecule has 5 heteroatoms. The van der Waals surface area contributed by atoms with E-state index < -0.39 is 0 Å². The first-order chi connectivity index (χ1) is 8.56. The lowest BCUT2D eigenvalue weighted by molar-refractivity contribution is -0.384. The summed E-state index contributed by atoms with van der Waals surface area (Å²) in [6.07, 6.45) is 1.96. The van der Waals surface area contributed by atoms with Gasteiger partial charge in [-0.25, -0.2) is 0 Å². The second-order valence-electron chi connectivity index (χ2n) is 4.41. The number of benzene rings is 1. The van der Waals surface area contributed by atoms with Crippen LogP contribution in [0.3, 0.4) is 0 Å². The second kappa shape index (κ2) is 6.83. The van der Waals surface area contributed by atoms with Crippen LogP contribution in [-0.4, -0.2) is 17.5 Å². The molecule has 0 aromatic heterocycles. The quantitative estimate of drug-likeness (QED) is 0.573. The number of nitro groups is 1. The van der Waals surface area contributed by atoms with E-state index in [0.29, 0.717) is 6.04 Å². The van der Waals surface area contributed by atoms with E-state index in [-0.39, 0.29) is 10.6 Å². The Morgan fingerprint density at radius 1 is 1.28 bits per heavy atom. The van der Waals surface area contributed by atoms with Crippen molar-refractivity contribution < 1.29 is 4.92 Å². The molecule has 1 aromatic carbocycles. The SMILES string of the molecule is CCCNc1cc(NC(C)CC)cc([N+](=O)[O-])c1. The molecule has 0 aliphatic rings. The molecule has 0 saturated carbocycles. The summed E-state index contributed by atoms with van der Waals surface area (Å²) < 4.78 is 0. The summed E-state index contributed by atoms with van der Waals surface area (Å²) in [7, 11) is 0. The van der Waals surface area contributed by atoms with Crippen molar-refractivity contribution in [2.75, 3.05) is 17.2 Å². The second-order valence-corrected chi connectivity index (χ2v) is 4.41. The summed E-state index contributed by atoms with van der Waals surface area (Å²) in [5, 5.41) is 17.3. The maximum atomic E-state index is 10.9. The zero-order valence-electron chi connectivity index (χ0n) is 11.2. The zero-order valence-corrected chi connectivity index (χ0v) is 11.2. The Morgan fingerprint density at radius 3 is 2.50 bits per heavy atom. The molecule has 2 N–H and O–H groups in total. The van der Waals surface area contributed by atoms with Crippen LogP contribution < -0.4 is 10.6 Å². The predicted octanol–water partition coefficient (Wildman–Crippen LogP) is 3.63. The van der Waals surface area contributed by atoms with E-state index in [1.54, 1.807) is 12.1 Å². The van der Waals surface area contributed by atoms with Gasteiger partial charge >= 0.3 is 0 Å². The minimum Gasteiger partial charge on any atom is -0.385 e. The number of anilines is 2. The van der Waals surface area contributed by atoms with Crippen LogP contribution in [0.15, 0.2) is 18.2 Å². The number of rotatable bonds is 7. The van der Waals surface area contributed by atoms with Crippen molar-refractivity contribution >= 4 is 17.1 Å². The van der Waals surface area contributed by atoms with Crippen molar-refractivity contribution in [1.29, 1.82) is 0 Å². The van der Waals surface area contributed by atoms with Crippen LogP contribution in [0.1, 0.15) is 33.6 Å². The fourth-order valence-corrected chi connectivity index (χ4v) is 1.56. The Bertz CT molecular complexity index is 407. The van der Waals surface area contributed by atoms with Crippen molar-refractivity contribution in [3.05, 3.63) is 28.3 Å². The topological polar surface area (TPSA) is 67.2 Å². The Balaban J connectivity index is 2.94. The Labute approximate surface area is 108 Å². The number of non-ortho nitro benzene ring substituents is 1. The lowest BCUT2D eigenvalue weighted by Crippen LogP contribution is -2.13. The lowest BCUT2D eigenvalue weighted by atomic mass is 10.2. The molecular formula is C13H21N3O2. The van der Waals surface area contributed by atoms with Crippen LogP contribution in [0.5, 0.6) is 0 Å². The van der Waals surface area contributed by atoms with Gasteiger partial charge in [-0.1, -0.05) is 13.8 Å². The van der Waals surface area contributed by atoms with E-state index >= 15 is 0 Å². The Morgan fingerprint density at radius 2 is 1.94 bits per heavy atom. The number of nitro benzene ring substituents is 1. The van der Waals surface area contributed by atoms with Crippen LogP contribution in [-0.2, 0) is 0 Å². The van der Waals surface area contributed by atoms with Gasteiger partial charge < -0.3 is 10.6 Å². The van der Waals surface area contributed by atoms with Gasteiger partial charge in [0, 0.05) is 36.1 Å². The van der Waals surface area contributed by atoms with E-state index in [4.69, 9.17) is 0 Å². The van der Waals surface area contributed by atoms with E-state index in [2.05, 4.69) is 31.4 Å². The highest BCUT2D eigenvalue weighted by atomic mass is 16.6.